The predicted molar refractivity (Wildman–Crippen MR) is 74.6 cm³/mol. The highest BCUT2D eigenvalue weighted by Gasteiger charge is 2.29. The maximum atomic E-state index is 12.2. The monoisotopic (exact) mass is 312 g/mol. The van der Waals surface area contributed by atoms with E-state index in [1.165, 1.54) is 6.07 Å². The summed E-state index contributed by atoms with van der Waals surface area (Å²) in [5.41, 5.74) is 1.40. The zero-order chi connectivity index (χ0) is 15.0. The highest BCUT2D eigenvalue weighted by molar-refractivity contribution is 6.36. The molecule has 1 N–H and O–H groups in total. The third-order valence-corrected chi connectivity index (χ3v) is 3.44. The lowest BCUT2D eigenvalue weighted by Gasteiger charge is -2.10. The maximum Gasteiger partial charge on any atom is 0.422 e. The van der Waals surface area contributed by atoms with Gasteiger partial charge in [0.2, 0.25) is 11.0 Å². The normalized spacial score (nSPS) is 12.0. The quantitative estimate of drug-likeness (QED) is 0.643. The van der Waals surface area contributed by atoms with Crippen molar-refractivity contribution in [2.24, 2.45) is 0 Å². The number of aromatic amines is 1. The van der Waals surface area contributed by atoms with Gasteiger partial charge in [0.25, 0.3) is 0 Å². The number of rotatable bonds is 2. The molecule has 0 amide bonds. The second-order valence-corrected chi connectivity index (χ2v) is 4.98. The number of H-pyrrole nitrogens is 1. The second-order valence-electron chi connectivity index (χ2n) is 4.60. The molecule has 21 heavy (non-hydrogen) atoms. The smallest absolute Gasteiger partial charge is 0.422 e. The number of benzene rings is 2. The standard InChI is InChI=1S/C15H9ClF3NO/c16-13-12(21-8-15(17,18)19)6-5-10-7-9-3-1-2-4-11(9)20-14(10)13/h1-7H,8H2/p+1. The van der Waals surface area contributed by atoms with E-state index in [4.69, 9.17) is 16.3 Å². The fraction of sp³-hybridized carbons (Fsp3) is 0.133. The molecule has 0 spiro atoms. The molecule has 0 radical (unpaired) electrons. The van der Waals surface area contributed by atoms with Gasteiger partial charge in [-0.3, -0.25) is 0 Å². The Bertz CT molecular complexity index is 817. The molecular weight excluding hydrogens is 303 g/mol. The van der Waals surface area contributed by atoms with Crippen LogP contribution in [-0.4, -0.2) is 12.8 Å². The van der Waals surface area contributed by atoms with Gasteiger partial charge in [0.05, 0.1) is 0 Å². The SMILES string of the molecule is FC(F)(F)COc1ccc2cc3ccccc3[nH+]c2c1Cl. The Morgan fingerprint density at radius 1 is 1.05 bits per heavy atom. The van der Waals surface area contributed by atoms with Crippen LogP contribution in [0.4, 0.5) is 13.2 Å². The Balaban J connectivity index is 2.09. The molecule has 1 aromatic heterocycles. The Morgan fingerprint density at radius 2 is 1.81 bits per heavy atom. The fourth-order valence-corrected chi connectivity index (χ4v) is 2.40. The van der Waals surface area contributed by atoms with Crippen molar-refractivity contribution >= 4 is 33.4 Å². The van der Waals surface area contributed by atoms with E-state index >= 15 is 0 Å². The third-order valence-electron chi connectivity index (χ3n) is 3.06. The summed E-state index contributed by atoms with van der Waals surface area (Å²) in [5, 5.41) is 1.94. The van der Waals surface area contributed by atoms with E-state index in [2.05, 4.69) is 4.98 Å². The molecule has 3 aromatic rings. The summed E-state index contributed by atoms with van der Waals surface area (Å²) in [4.78, 5) is 3.12. The molecule has 0 unspecified atom stereocenters. The number of hydrogen-bond donors (Lipinski definition) is 0. The van der Waals surface area contributed by atoms with Gasteiger partial charge in [-0.25, -0.2) is 4.98 Å². The van der Waals surface area contributed by atoms with E-state index in [0.29, 0.717) is 5.52 Å². The molecule has 0 aliphatic rings. The fourth-order valence-electron chi connectivity index (χ4n) is 2.13. The number of ether oxygens (including phenoxy) is 1. The van der Waals surface area contributed by atoms with Crippen LogP contribution in [0.15, 0.2) is 42.5 Å². The van der Waals surface area contributed by atoms with E-state index in [0.717, 1.165) is 16.3 Å². The average Bonchev–Trinajstić information content (AvgIpc) is 2.44. The molecule has 6 heteroatoms. The summed E-state index contributed by atoms with van der Waals surface area (Å²) in [7, 11) is 0. The van der Waals surface area contributed by atoms with E-state index in [9.17, 15) is 13.2 Å². The van der Waals surface area contributed by atoms with Crippen LogP contribution in [0.3, 0.4) is 0 Å². The highest BCUT2D eigenvalue weighted by atomic mass is 35.5. The van der Waals surface area contributed by atoms with Gasteiger partial charge < -0.3 is 4.74 Å². The molecule has 0 aliphatic carbocycles. The first-order valence-electron chi connectivity index (χ1n) is 6.17. The van der Waals surface area contributed by atoms with Crippen molar-refractivity contribution in [1.82, 2.24) is 0 Å². The molecule has 0 bridgehead atoms. The number of alkyl halides is 3. The van der Waals surface area contributed by atoms with Crippen LogP contribution in [0.25, 0.3) is 21.8 Å². The summed E-state index contributed by atoms with van der Waals surface area (Å²) >= 11 is 6.15. The first kappa shape index (κ1) is 13.9. The molecule has 0 atom stereocenters. The maximum absolute atomic E-state index is 12.2. The number of fused-ring (bicyclic) bond motifs is 2. The third kappa shape index (κ3) is 2.88. The molecular formula is C15H10ClF3NO+. The average molecular weight is 313 g/mol. The Morgan fingerprint density at radius 3 is 2.57 bits per heavy atom. The van der Waals surface area contributed by atoms with Gasteiger partial charge in [-0.05, 0) is 24.3 Å². The van der Waals surface area contributed by atoms with Crippen molar-refractivity contribution in [1.29, 1.82) is 0 Å². The Labute approximate surface area is 123 Å². The van der Waals surface area contributed by atoms with E-state index in [1.807, 2.05) is 30.3 Å². The van der Waals surface area contributed by atoms with Gasteiger partial charge in [0.15, 0.2) is 11.6 Å². The molecule has 108 valence electrons. The van der Waals surface area contributed by atoms with Gasteiger partial charge >= 0.3 is 6.18 Å². The molecule has 2 aromatic carbocycles. The summed E-state index contributed by atoms with van der Waals surface area (Å²) in [6.45, 7) is -1.37. The summed E-state index contributed by atoms with van der Waals surface area (Å²) < 4.78 is 41.4. The Hall–Kier alpha value is -2.01. The number of halogens is 4. The lowest BCUT2D eigenvalue weighted by molar-refractivity contribution is -0.310. The number of hydrogen-bond acceptors (Lipinski definition) is 1. The molecule has 0 saturated carbocycles. The molecule has 3 rings (SSSR count). The summed E-state index contributed by atoms with van der Waals surface area (Å²) in [5.74, 6) is 0.00743. The van der Waals surface area contributed by atoms with Crippen molar-refractivity contribution in [2.75, 3.05) is 6.61 Å². The van der Waals surface area contributed by atoms with Crippen LogP contribution in [0.1, 0.15) is 0 Å². The zero-order valence-electron chi connectivity index (χ0n) is 10.7. The number of aromatic nitrogens is 1. The minimum Gasteiger partial charge on any atom is -0.482 e. The van der Waals surface area contributed by atoms with Crippen LogP contribution in [0.2, 0.25) is 5.02 Å². The molecule has 2 nitrogen and oxygen atoms in total. The number of para-hydroxylation sites is 1. The summed E-state index contributed by atoms with van der Waals surface area (Å²) in [6, 6.07) is 12.6. The van der Waals surface area contributed by atoms with Crippen LogP contribution in [0, 0.1) is 0 Å². The Kier molecular flexibility index (Phi) is 3.37. The first-order valence-corrected chi connectivity index (χ1v) is 6.55. The topological polar surface area (TPSA) is 23.4 Å². The molecule has 0 saturated heterocycles. The molecule has 1 heterocycles. The second kappa shape index (κ2) is 5.07. The number of pyridine rings is 1. The van der Waals surface area contributed by atoms with E-state index in [-0.39, 0.29) is 10.8 Å². The van der Waals surface area contributed by atoms with E-state index in [1.54, 1.807) is 6.07 Å². The van der Waals surface area contributed by atoms with Crippen molar-refractivity contribution in [3.05, 3.63) is 47.5 Å². The van der Waals surface area contributed by atoms with E-state index < -0.39 is 12.8 Å². The van der Waals surface area contributed by atoms with Crippen LogP contribution in [-0.2, 0) is 0 Å². The minimum atomic E-state index is -4.40. The predicted octanol–water partition coefficient (Wildman–Crippen LogP) is 4.40. The van der Waals surface area contributed by atoms with Crippen LogP contribution in [0.5, 0.6) is 5.75 Å². The van der Waals surface area contributed by atoms with Gasteiger partial charge in [-0.2, -0.15) is 13.2 Å². The highest BCUT2D eigenvalue weighted by Crippen LogP contribution is 2.32. The van der Waals surface area contributed by atoms with Gasteiger partial charge in [0.1, 0.15) is 5.75 Å². The first-order chi connectivity index (χ1) is 9.94. The minimum absolute atomic E-state index is 0.00743. The lowest BCUT2D eigenvalue weighted by Crippen LogP contribution is -2.19. The van der Waals surface area contributed by atoms with Crippen molar-refractivity contribution in [2.45, 2.75) is 6.18 Å². The molecule has 0 aliphatic heterocycles. The largest absolute Gasteiger partial charge is 0.482 e. The van der Waals surface area contributed by atoms with Crippen molar-refractivity contribution in [3.8, 4) is 5.75 Å². The van der Waals surface area contributed by atoms with Crippen molar-refractivity contribution < 1.29 is 22.9 Å². The summed E-state index contributed by atoms with van der Waals surface area (Å²) in [6.07, 6.45) is -4.40. The van der Waals surface area contributed by atoms with Gasteiger partial charge in [0, 0.05) is 16.8 Å². The van der Waals surface area contributed by atoms with Gasteiger partial charge in [-0.1, -0.05) is 23.7 Å². The number of nitrogens with one attached hydrogen (secondary N) is 1. The van der Waals surface area contributed by atoms with Gasteiger partial charge in [-0.15, -0.1) is 0 Å². The van der Waals surface area contributed by atoms with Crippen LogP contribution < -0.4 is 9.72 Å². The van der Waals surface area contributed by atoms with Crippen LogP contribution >= 0.6 is 11.6 Å². The molecule has 0 fully saturated rings. The lowest BCUT2D eigenvalue weighted by atomic mass is 10.1. The zero-order valence-corrected chi connectivity index (χ0v) is 11.4. The van der Waals surface area contributed by atoms with Crippen molar-refractivity contribution in [3.63, 3.8) is 0 Å².